The molecule has 1 aromatic rings. The third-order valence-electron chi connectivity index (χ3n) is 5.23. The molecule has 1 aromatic heterocycles. The van der Waals surface area contributed by atoms with Crippen LogP contribution in [0.4, 0.5) is 0 Å². The van der Waals surface area contributed by atoms with E-state index in [-0.39, 0.29) is 0 Å². The van der Waals surface area contributed by atoms with Gasteiger partial charge in [-0.25, -0.2) is 0 Å². The van der Waals surface area contributed by atoms with Crippen LogP contribution >= 0.6 is 0 Å². The van der Waals surface area contributed by atoms with E-state index in [1.807, 2.05) is 0 Å². The van der Waals surface area contributed by atoms with E-state index < -0.39 is 0 Å². The molecule has 4 nitrogen and oxygen atoms in total. The fraction of sp³-hybridized carbons (Fsp3) is 0.875. The maximum Gasteiger partial charge on any atom is 0.229 e. The minimum absolute atomic E-state index is 0.476. The topological polar surface area (TPSA) is 51.0 Å². The average molecular weight is 277 g/mol. The zero-order valence-corrected chi connectivity index (χ0v) is 12.8. The lowest BCUT2D eigenvalue weighted by atomic mass is 9.77. The van der Waals surface area contributed by atoms with Crippen molar-refractivity contribution in [2.45, 2.75) is 64.2 Å². The number of rotatable bonds is 3. The molecule has 20 heavy (non-hydrogen) atoms. The lowest BCUT2D eigenvalue weighted by Crippen LogP contribution is -2.26. The molecule has 0 atom stereocenters. The maximum absolute atomic E-state index is 5.54. The summed E-state index contributed by atoms with van der Waals surface area (Å²) < 4.78 is 5.54. The van der Waals surface area contributed by atoms with Gasteiger partial charge in [0, 0.05) is 11.8 Å². The van der Waals surface area contributed by atoms with E-state index in [0.717, 1.165) is 49.5 Å². The number of hydrogen-bond acceptors (Lipinski definition) is 4. The summed E-state index contributed by atoms with van der Waals surface area (Å²) in [6.07, 6.45) is 7.35. The third-order valence-corrected chi connectivity index (χ3v) is 5.23. The van der Waals surface area contributed by atoms with Crippen LogP contribution in [0.2, 0.25) is 0 Å². The van der Waals surface area contributed by atoms with Crippen molar-refractivity contribution < 1.29 is 4.52 Å². The van der Waals surface area contributed by atoms with Gasteiger partial charge in [0.25, 0.3) is 0 Å². The molecule has 0 bridgehead atoms. The largest absolute Gasteiger partial charge is 0.339 e. The smallest absolute Gasteiger partial charge is 0.229 e. The van der Waals surface area contributed by atoms with Gasteiger partial charge in [0.15, 0.2) is 5.82 Å². The number of nitrogens with one attached hydrogen (secondary N) is 1. The summed E-state index contributed by atoms with van der Waals surface area (Å²) in [7, 11) is 0. The second kappa shape index (κ2) is 6.25. The van der Waals surface area contributed by atoms with Gasteiger partial charge >= 0.3 is 0 Å². The van der Waals surface area contributed by atoms with Gasteiger partial charge in [-0.3, -0.25) is 0 Å². The molecule has 2 fully saturated rings. The SMILES string of the molecule is CC(C)C1CCC(c2noc(C3CCNCC3)n2)CC1. The number of piperidine rings is 1. The van der Waals surface area contributed by atoms with Crippen molar-refractivity contribution in [1.29, 1.82) is 0 Å². The predicted molar refractivity (Wildman–Crippen MR) is 78.7 cm³/mol. The van der Waals surface area contributed by atoms with Gasteiger partial charge in [-0.15, -0.1) is 0 Å². The lowest BCUT2D eigenvalue weighted by Gasteiger charge is -2.29. The number of hydrogen-bond donors (Lipinski definition) is 1. The molecule has 0 unspecified atom stereocenters. The van der Waals surface area contributed by atoms with Gasteiger partial charge in [0.1, 0.15) is 0 Å². The van der Waals surface area contributed by atoms with Crippen LogP contribution in [0.25, 0.3) is 0 Å². The highest BCUT2D eigenvalue weighted by molar-refractivity contribution is 5.02. The average Bonchev–Trinajstić information content (AvgIpc) is 2.98. The quantitative estimate of drug-likeness (QED) is 0.919. The van der Waals surface area contributed by atoms with Crippen molar-refractivity contribution in [2.24, 2.45) is 11.8 Å². The molecule has 1 aliphatic carbocycles. The van der Waals surface area contributed by atoms with Crippen LogP contribution in [0.1, 0.15) is 75.9 Å². The predicted octanol–water partition coefficient (Wildman–Crippen LogP) is 3.47. The number of aromatic nitrogens is 2. The summed E-state index contributed by atoms with van der Waals surface area (Å²) >= 11 is 0. The monoisotopic (exact) mass is 277 g/mol. The molecule has 0 spiro atoms. The standard InChI is InChI=1S/C16H27N3O/c1-11(2)12-3-5-13(6-4-12)15-18-16(20-19-15)14-7-9-17-10-8-14/h11-14,17H,3-10H2,1-2H3. The van der Waals surface area contributed by atoms with E-state index in [1.54, 1.807) is 0 Å². The molecule has 1 aliphatic heterocycles. The Hall–Kier alpha value is -0.900. The van der Waals surface area contributed by atoms with Gasteiger partial charge in [-0.2, -0.15) is 4.98 Å². The van der Waals surface area contributed by atoms with Crippen molar-refractivity contribution in [2.75, 3.05) is 13.1 Å². The first-order valence-corrected chi connectivity index (χ1v) is 8.28. The van der Waals surface area contributed by atoms with E-state index in [0.29, 0.717) is 11.8 Å². The molecule has 1 N–H and O–H groups in total. The van der Waals surface area contributed by atoms with E-state index in [4.69, 9.17) is 9.51 Å². The van der Waals surface area contributed by atoms with E-state index in [2.05, 4.69) is 24.3 Å². The van der Waals surface area contributed by atoms with E-state index >= 15 is 0 Å². The van der Waals surface area contributed by atoms with Crippen molar-refractivity contribution >= 4 is 0 Å². The molecule has 4 heteroatoms. The third kappa shape index (κ3) is 3.05. The highest BCUT2D eigenvalue weighted by Gasteiger charge is 2.28. The molecule has 3 rings (SSSR count). The van der Waals surface area contributed by atoms with Crippen molar-refractivity contribution in [3.8, 4) is 0 Å². The van der Waals surface area contributed by atoms with Crippen LogP contribution in [0.5, 0.6) is 0 Å². The summed E-state index contributed by atoms with van der Waals surface area (Å²) in [6, 6.07) is 0. The van der Waals surface area contributed by atoms with Gasteiger partial charge in [-0.05, 0) is 63.5 Å². The molecule has 2 aliphatic rings. The molecule has 1 saturated carbocycles. The first-order valence-electron chi connectivity index (χ1n) is 8.28. The Morgan fingerprint density at radius 3 is 2.35 bits per heavy atom. The van der Waals surface area contributed by atoms with Crippen molar-refractivity contribution in [3.05, 3.63) is 11.7 Å². The highest BCUT2D eigenvalue weighted by Crippen LogP contribution is 2.38. The Morgan fingerprint density at radius 2 is 1.70 bits per heavy atom. The van der Waals surface area contributed by atoms with Crippen LogP contribution in [0, 0.1) is 11.8 Å². The van der Waals surface area contributed by atoms with Crippen LogP contribution in [-0.4, -0.2) is 23.2 Å². The minimum atomic E-state index is 0.476. The van der Waals surface area contributed by atoms with Crippen molar-refractivity contribution in [1.82, 2.24) is 15.5 Å². The zero-order chi connectivity index (χ0) is 13.9. The second-order valence-corrected chi connectivity index (χ2v) is 6.87. The second-order valence-electron chi connectivity index (χ2n) is 6.87. The Morgan fingerprint density at radius 1 is 1.00 bits per heavy atom. The first-order chi connectivity index (χ1) is 9.74. The molecule has 112 valence electrons. The lowest BCUT2D eigenvalue weighted by molar-refractivity contribution is 0.251. The van der Waals surface area contributed by atoms with Gasteiger partial charge in [0.2, 0.25) is 5.89 Å². The van der Waals surface area contributed by atoms with Crippen LogP contribution in [0.15, 0.2) is 4.52 Å². The molecular formula is C16H27N3O. The maximum atomic E-state index is 5.54. The molecule has 0 aromatic carbocycles. The summed E-state index contributed by atoms with van der Waals surface area (Å²) in [6.45, 7) is 6.83. The summed E-state index contributed by atoms with van der Waals surface area (Å²) in [5.74, 6) is 4.57. The summed E-state index contributed by atoms with van der Waals surface area (Å²) in [5, 5.41) is 7.66. The first kappa shape index (κ1) is 14.1. The van der Waals surface area contributed by atoms with Gasteiger partial charge in [-0.1, -0.05) is 19.0 Å². The van der Waals surface area contributed by atoms with Crippen LogP contribution in [0.3, 0.4) is 0 Å². The van der Waals surface area contributed by atoms with Crippen molar-refractivity contribution in [3.63, 3.8) is 0 Å². The van der Waals surface area contributed by atoms with E-state index in [9.17, 15) is 0 Å². The van der Waals surface area contributed by atoms with Crippen LogP contribution < -0.4 is 5.32 Å². The highest BCUT2D eigenvalue weighted by atomic mass is 16.5. The molecule has 0 amide bonds. The Bertz CT molecular complexity index is 415. The normalized spacial score (nSPS) is 28.9. The molecule has 2 heterocycles. The number of nitrogens with zero attached hydrogens (tertiary/aromatic N) is 2. The Kier molecular flexibility index (Phi) is 4.39. The van der Waals surface area contributed by atoms with Gasteiger partial charge < -0.3 is 9.84 Å². The Balaban J connectivity index is 1.60. The molecular weight excluding hydrogens is 250 g/mol. The zero-order valence-electron chi connectivity index (χ0n) is 12.8. The summed E-state index contributed by atoms with van der Waals surface area (Å²) in [5.41, 5.74) is 0. The molecule has 1 saturated heterocycles. The Labute approximate surface area is 121 Å². The van der Waals surface area contributed by atoms with Gasteiger partial charge in [0.05, 0.1) is 0 Å². The fourth-order valence-corrected chi connectivity index (χ4v) is 3.69. The fourth-order valence-electron chi connectivity index (χ4n) is 3.69. The minimum Gasteiger partial charge on any atom is -0.339 e. The van der Waals surface area contributed by atoms with E-state index in [1.165, 1.54) is 25.7 Å². The molecule has 0 radical (unpaired) electrons. The van der Waals surface area contributed by atoms with Crippen LogP contribution in [-0.2, 0) is 0 Å². The summed E-state index contributed by atoms with van der Waals surface area (Å²) in [4.78, 5) is 4.72.